The van der Waals surface area contributed by atoms with Gasteiger partial charge >= 0.3 is 0 Å². The predicted molar refractivity (Wildman–Crippen MR) is 66.0 cm³/mol. The van der Waals surface area contributed by atoms with Gasteiger partial charge in [0.25, 0.3) is 0 Å². The number of likely N-dealkylation sites (tertiary alicyclic amines) is 1. The van der Waals surface area contributed by atoms with Gasteiger partial charge in [-0.25, -0.2) is 13.1 Å². The molecule has 1 saturated heterocycles. The predicted octanol–water partition coefficient (Wildman–Crippen LogP) is -0.392. The Morgan fingerprint density at radius 2 is 2.06 bits per heavy atom. The molecule has 1 rings (SSSR count). The van der Waals surface area contributed by atoms with E-state index in [1.165, 1.54) is 0 Å². The smallest absolute Gasteiger partial charge is 0.211 e. The zero-order valence-electron chi connectivity index (χ0n) is 10.4. The zero-order valence-corrected chi connectivity index (χ0v) is 11.2. The quantitative estimate of drug-likeness (QED) is 0.629. The molecule has 2 unspecified atom stereocenters. The second-order valence-corrected chi connectivity index (χ2v) is 6.57. The number of hydrogen-bond donors (Lipinski definition) is 2. The highest BCUT2D eigenvalue weighted by atomic mass is 32.2. The first-order valence-corrected chi connectivity index (χ1v) is 7.51. The van der Waals surface area contributed by atoms with Gasteiger partial charge in [-0.05, 0) is 27.3 Å². The van der Waals surface area contributed by atoms with Gasteiger partial charge in [-0.3, -0.25) is 0 Å². The van der Waals surface area contributed by atoms with E-state index in [1.54, 1.807) is 6.92 Å². The molecule has 0 spiro atoms. The lowest BCUT2D eigenvalue weighted by molar-refractivity contribution is 0.327. The van der Waals surface area contributed by atoms with Crippen LogP contribution in [0, 0.1) is 0 Å². The fraction of sp³-hybridized carbons (Fsp3) is 1.00. The van der Waals surface area contributed by atoms with E-state index in [-0.39, 0.29) is 5.75 Å². The maximum absolute atomic E-state index is 11.2. The highest BCUT2D eigenvalue weighted by Gasteiger charge is 2.25. The summed E-state index contributed by atoms with van der Waals surface area (Å²) < 4.78 is 24.9. The van der Waals surface area contributed by atoms with E-state index in [0.717, 1.165) is 13.0 Å². The third-order valence-electron chi connectivity index (χ3n) is 3.15. The molecule has 5 nitrogen and oxygen atoms in total. The summed E-state index contributed by atoms with van der Waals surface area (Å²) in [6, 6.07) is 1.11. The van der Waals surface area contributed by atoms with Crippen LogP contribution in [0.15, 0.2) is 0 Å². The Morgan fingerprint density at radius 1 is 1.38 bits per heavy atom. The van der Waals surface area contributed by atoms with Crippen LogP contribution in [-0.4, -0.2) is 57.8 Å². The number of rotatable bonds is 6. The SMILES string of the molecule is CCS(=O)(=O)NCCNC1CC(C)N(C)C1. The molecular weight excluding hydrogens is 226 g/mol. The lowest BCUT2D eigenvalue weighted by Crippen LogP contribution is -2.38. The summed E-state index contributed by atoms with van der Waals surface area (Å²) in [5.74, 6) is 0.149. The summed E-state index contributed by atoms with van der Waals surface area (Å²) in [5.41, 5.74) is 0. The van der Waals surface area contributed by atoms with Crippen LogP contribution >= 0.6 is 0 Å². The number of likely N-dealkylation sites (N-methyl/N-ethyl adjacent to an activating group) is 1. The van der Waals surface area contributed by atoms with E-state index in [4.69, 9.17) is 0 Å². The van der Waals surface area contributed by atoms with Crippen molar-refractivity contribution in [1.82, 2.24) is 14.9 Å². The molecule has 0 saturated carbocycles. The largest absolute Gasteiger partial charge is 0.311 e. The van der Waals surface area contributed by atoms with E-state index in [9.17, 15) is 8.42 Å². The van der Waals surface area contributed by atoms with Crippen LogP contribution in [0.2, 0.25) is 0 Å². The summed E-state index contributed by atoms with van der Waals surface area (Å²) in [5, 5.41) is 3.37. The molecule has 6 heteroatoms. The average Bonchev–Trinajstić information content (AvgIpc) is 2.54. The first-order chi connectivity index (χ1) is 7.44. The second kappa shape index (κ2) is 5.95. The molecule has 1 heterocycles. The number of nitrogens with zero attached hydrogens (tertiary/aromatic N) is 1. The fourth-order valence-corrected chi connectivity index (χ4v) is 2.54. The maximum Gasteiger partial charge on any atom is 0.211 e. The van der Waals surface area contributed by atoms with Gasteiger partial charge in [-0.15, -0.1) is 0 Å². The Balaban J connectivity index is 2.13. The molecule has 1 aliphatic rings. The Morgan fingerprint density at radius 3 is 2.56 bits per heavy atom. The molecule has 1 fully saturated rings. The van der Waals surface area contributed by atoms with Crippen molar-refractivity contribution in [2.24, 2.45) is 0 Å². The van der Waals surface area contributed by atoms with Gasteiger partial charge in [0.2, 0.25) is 10.0 Å². The Kier molecular flexibility index (Phi) is 5.17. The summed E-state index contributed by atoms with van der Waals surface area (Å²) in [7, 11) is -0.920. The van der Waals surface area contributed by atoms with Gasteiger partial charge < -0.3 is 10.2 Å². The van der Waals surface area contributed by atoms with Crippen molar-refractivity contribution < 1.29 is 8.42 Å². The monoisotopic (exact) mass is 249 g/mol. The Bertz CT molecular complexity index is 295. The number of hydrogen-bond acceptors (Lipinski definition) is 4. The first kappa shape index (κ1) is 13.9. The summed E-state index contributed by atoms with van der Waals surface area (Å²) >= 11 is 0. The average molecular weight is 249 g/mol. The van der Waals surface area contributed by atoms with Gasteiger partial charge in [0, 0.05) is 31.7 Å². The number of sulfonamides is 1. The third kappa shape index (κ3) is 4.37. The third-order valence-corrected chi connectivity index (χ3v) is 4.55. The van der Waals surface area contributed by atoms with Crippen LogP contribution in [0.3, 0.4) is 0 Å². The summed E-state index contributed by atoms with van der Waals surface area (Å²) in [6.07, 6.45) is 1.14. The topological polar surface area (TPSA) is 61.4 Å². The molecule has 0 aromatic heterocycles. The van der Waals surface area contributed by atoms with Gasteiger partial charge in [0.15, 0.2) is 0 Å². The Hall–Kier alpha value is -0.170. The molecule has 0 bridgehead atoms. The first-order valence-electron chi connectivity index (χ1n) is 5.85. The van der Waals surface area contributed by atoms with Crippen molar-refractivity contribution in [3.63, 3.8) is 0 Å². The minimum Gasteiger partial charge on any atom is -0.311 e. The van der Waals surface area contributed by atoms with Crippen LogP contribution in [0.5, 0.6) is 0 Å². The molecular formula is C10H23N3O2S. The minimum absolute atomic E-state index is 0.149. The van der Waals surface area contributed by atoms with Crippen LogP contribution in [0.25, 0.3) is 0 Å². The molecule has 1 aliphatic heterocycles. The van der Waals surface area contributed by atoms with Crippen molar-refractivity contribution >= 4 is 10.0 Å². The van der Waals surface area contributed by atoms with Crippen LogP contribution in [-0.2, 0) is 10.0 Å². The van der Waals surface area contributed by atoms with E-state index in [2.05, 4.69) is 28.9 Å². The molecule has 0 aliphatic carbocycles. The van der Waals surface area contributed by atoms with Crippen molar-refractivity contribution in [2.45, 2.75) is 32.4 Å². The highest BCUT2D eigenvalue weighted by Crippen LogP contribution is 2.14. The van der Waals surface area contributed by atoms with Crippen LogP contribution in [0.1, 0.15) is 20.3 Å². The summed E-state index contributed by atoms with van der Waals surface area (Å²) in [4.78, 5) is 2.31. The van der Waals surface area contributed by atoms with Gasteiger partial charge in [-0.1, -0.05) is 0 Å². The summed E-state index contributed by atoms with van der Waals surface area (Å²) in [6.45, 7) is 6.07. The van der Waals surface area contributed by atoms with Gasteiger partial charge in [0.05, 0.1) is 5.75 Å². The molecule has 96 valence electrons. The fourth-order valence-electron chi connectivity index (χ4n) is 1.93. The van der Waals surface area contributed by atoms with E-state index in [1.807, 2.05) is 0 Å². The minimum atomic E-state index is -3.04. The highest BCUT2D eigenvalue weighted by molar-refractivity contribution is 7.89. The standard InChI is InChI=1S/C10H23N3O2S/c1-4-16(14,15)12-6-5-11-10-7-9(2)13(3)8-10/h9-12H,4-8H2,1-3H3. The number of nitrogens with one attached hydrogen (secondary N) is 2. The molecule has 2 atom stereocenters. The molecule has 0 aromatic carbocycles. The van der Waals surface area contributed by atoms with Crippen molar-refractivity contribution in [3.05, 3.63) is 0 Å². The van der Waals surface area contributed by atoms with Crippen molar-refractivity contribution in [2.75, 3.05) is 32.4 Å². The van der Waals surface area contributed by atoms with E-state index < -0.39 is 10.0 Å². The van der Waals surface area contributed by atoms with Crippen molar-refractivity contribution in [1.29, 1.82) is 0 Å². The van der Waals surface area contributed by atoms with E-state index >= 15 is 0 Å². The lowest BCUT2D eigenvalue weighted by Gasteiger charge is -2.13. The molecule has 2 N–H and O–H groups in total. The lowest BCUT2D eigenvalue weighted by atomic mass is 10.2. The molecule has 16 heavy (non-hydrogen) atoms. The maximum atomic E-state index is 11.2. The second-order valence-electron chi connectivity index (χ2n) is 4.47. The van der Waals surface area contributed by atoms with Gasteiger partial charge in [-0.2, -0.15) is 0 Å². The molecule has 0 radical (unpaired) electrons. The normalized spacial score (nSPS) is 27.4. The van der Waals surface area contributed by atoms with Crippen molar-refractivity contribution in [3.8, 4) is 0 Å². The van der Waals surface area contributed by atoms with Crippen LogP contribution < -0.4 is 10.0 Å². The van der Waals surface area contributed by atoms with Gasteiger partial charge in [0.1, 0.15) is 0 Å². The van der Waals surface area contributed by atoms with E-state index in [0.29, 0.717) is 25.2 Å². The Labute approximate surface area is 98.6 Å². The van der Waals surface area contributed by atoms with Crippen LogP contribution in [0.4, 0.5) is 0 Å². The molecule has 0 aromatic rings. The molecule has 0 amide bonds. The zero-order chi connectivity index (χ0) is 12.2.